The van der Waals surface area contributed by atoms with Gasteiger partial charge in [0.2, 0.25) is 0 Å². The van der Waals surface area contributed by atoms with E-state index >= 15 is 0 Å². The molecule has 0 aliphatic rings. The first-order chi connectivity index (χ1) is 12.1. The minimum Gasteiger partial charge on any atom is -0.465 e. The molecule has 0 fully saturated rings. The molecule has 130 valence electrons. The molecule has 0 amide bonds. The molecular formula is C16H16BrN5O2S. The van der Waals surface area contributed by atoms with E-state index in [2.05, 4.69) is 30.9 Å². The average Bonchev–Trinajstić information content (AvgIpc) is 3.03. The van der Waals surface area contributed by atoms with Crippen molar-refractivity contribution in [3.63, 3.8) is 0 Å². The largest absolute Gasteiger partial charge is 0.465 e. The fourth-order valence-electron chi connectivity index (χ4n) is 2.20. The number of nitrogens with two attached hydrogens (primary N) is 1. The lowest BCUT2D eigenvalue weighted by molar-refractivity contribution is -0.140. The van der Waals surface area contributed by atoms with Crippen LogP contribution in [0.5, 0.6) is 0 Å². The van der Waals surface area contributed by atoms with Crippen molar-refractivity contribution >= 4 is 50.6 Å². The Kier molecular flexibility index (Phi) is 5.87. The molecule has 0 spiro atoms. The van der Waals surface area contributed by atoms with Gasteiger partial charge >= 0.3 is 5.97 Å². The molecule has 0 aliphatic carbocycles. The fraction of sp³-hybridized carbons (Fsp3) is 0.250. The number of esters is 1. The highest BCUT2D eigenvalue weighted by Crippen LogP contribution is 2.20. The van der Waals surface area contributed by atoms with Gasteiger partial charge in [0.1, 0.15) is 11.8 Å². The minimum atomic E-state index is -0.227. The molecule has 0 atom stereocenters. The number of halogens is 1. The van der Waals surface area contributed by atoms with E-state index in [1.807, 2.05) is 28.8 Å². The summed E-state index contributed by atoms with van der Waals surface area (Å²) in [7, 11) is 0. The van der Waals surface area contributed by atoms with Crippen molar-refractivity contribution in [2.45, 2.75) is 17.9 Å². The Labute approximate surface area is 157 Å². The number of ether oxygens (including phenoxy) is 1. The van der Waals surface area contributed by atoms with E-state index in [-0.39, 0.29) is 5.97 Å². The molecule has 0 bridgehead atoms. The summed E-state index contributed by atoms with van der Waals surface area (Å²) in [6.45, 7) is 0.986. The lowest BCUT2D eigenvalue weighted by atomic mass is 10.4. The number of imidazole rings is 1. The van der Waals surface area contributed by atoms with Crippen LogP contribution in [-0.2, 0) is 16.1 Å². The summed E-state index contributed by atoms with van der Waals surface area (Å²) in [5, 5.41) is 0. The number of hydrogen-bond donors (Lipinski definition) is 1. The molecule has 7 nitrogen and oxygen atoms in total. The number of aryl methyl sites for hydroxylation is 1. The van der Waals surface area contributed by atoms with Gasteiger partial charge in [0.15, 0.2) is 11.5 Å². The van der Waals surface area contributed by atoms with E-state index in [1.54, 1.807) is 6.33 Å². The first-order valence-electron chi connectivity index (χ1n) is 7.59. The summed E-state index contributed by atoms with van der Waals surface area (Å²) in [6, 6.07) is 7.80. The van der Waals surface area contributed by atoms with Gasteiger partial charge in [0, 0.05) is 15.9 Å². The predicted molar refractivity (Wildman–Crippen MR) is 100 cm³/mol. The van der Waals surface area contributed by atoms with Gasteiger partial charge < -0.3 is 15.0 Å². The molecule has 3 rings (SSSR count). The van der Waals surface area contributed by atoms with Gasteiger partial charge in [-0.25, -0.2) is 15.0 Å². The number of anilines is 1. The molecule has 0 saturated heterocycles. The summed E-state index contributed by atoms with van der Waals surface area (Å²) in [5.74, 6) is 0.425. The topological polar surface area (TPSA) is 95.9 Å². The van der Waals surface area contributed by atoms with Gasteiger partial charge in [-0.2, -0.15) is 0 Å². The summed E-state index contributed by atoms with van der Waals surface area (Å²) >= 11 is 4.84. The normalized spacial score (nSPS) is 10.9. The van der Waals surface area contributed by atoms with Crippen LogP contribution in [0.4, 0.5) is 5.82 Å². The molecule has 0 aliphatic heterocycles. The molecular weight excluding hydrogens is 406 g/mol. The highest BCUT2D eigenvalue weighted by Gasteiger charge is 2.08. The van der Waals surface area contributed by atoms with Gasteiger partial charge in [-0.05, 0) is 30.7 Å². The molecule has 0 saturated carbocycles. The van der Waals surface area contributed by atoms with Crippen LogP contribution >= 0.6 is 27.7 Å². The Morgan fingerprint density at radius 1 is 1.24 bits per heavy atom. The van der Waals surface area contributed by atoms with Crippen LogP contribution in [0.3, 0.4) is 0 Å². The maximum Gasteiger partial charge on any atom is 0.316 e. The summed E-state index contributed by atoms with van der Waals surface area (Å²) < 4.78 is 8.15. The highest BCUT2D eigenvalue weighted by atomic mass is 79.9. The third-order valence-electron chi connectivity index (χ3n) is 3.41. The Bertz CT molecular complexity index is 869. The van der Waals surface area contributed by atoms with E-state index in [0.29, 0.717) is 42.3 Å². The first kappa shape index (κ1) is 17.7. The molecule has 2 N–H and O–H groups in total. The SMILES string of the molecule is Nc1ncnc2c1ncn2CCCOC(=O)CSc1ccc(Br)cc1. The molecule has 2 aromatic heterocycles. The van der Waals surface area contributed by atoms with Gasteiger partial charge in [-0.15, -0.1) is 11.8 Å². The van der Waals surface area contributed by atoms with E-state index in [4.69, 9.17) is 10.5 Å². The van der Waals surface area contributed by atoms with Crippen molar-refractivity contribution in [1.82, 2.24) is 19.5 Å². The molecule has 3 aromatic rings. The quantitative estimate of drug-likeness (QED) is 0.355. The van der Waals surface area contributed by atoms with Crippen LogP contribution in [0.1, 0.15) is 6.42 Å². The van der Waals surface area contributed by atoms with Gasteiger partial charge in [-0.3, -0.25) is 4.79 Å². The second kappa shape index (κ2) is 8.30. The first-order valence-corrected chi connectivity index (χ1v) is 9.36. The number of thioether (sulfide) groups is 1. The second-order valence-electron chi connectivity index (χ2n) is 5.19. The second-order valence-corrected chi connectivity index (χ2v) is 7.15. The maximum absolute atomic E-state index is 11.8. The van der Waals surface area contributed by atoms with Gasteiger partial charge in [0.25, 0.3) is 0 Å². The van der Waals surface area contributed by atoms with Crippen molar-refractivity contribution in [2.24, 2.45) is 0 Å². The standard InChI is InChI=1S/C16H16BrN5O2S/c17-11-2-4-12(5-3-11)25-8-13(23)24-7-1-6-22-10-21-14-15(18)19-9-20-16(14)22/h2-5,9-10H,1,6-8H2,(H2,18,19,20). The average molecular weight is 422 g/mol. The molecule has 2 heterocycles. The Balaban J connectivity index is 1.41. The van der Waals surface area contributed by atoms with E-state index < -0.39 is 0 Å². The van der Waals surface area contributed by atoms with Crippen molar-refractivity contribution in [1.29, 1.82) is 0 Å². The lowest BCUT2D eigenvalue weighted by Gasteiger charge is -2.06. The highest BCUT2D eigenvalue weighted by molar-refractivity contribution is 9.10. The van der Waals surface area contributed by atoms with Crippen LogP contribution in [-0.4, -0.2) is 37.8 Å². The number of nitrogens with zero attached hydrogens (tertiary/aromatic N) is 4. The Hall–Kier alpha value is -2.13. The van der Waals surface area contributed by atoms with Crippen LogP contribution in [0.25, 0.3) is 11.2 Å². The zero-order valence-electron chi connectivity index (χ0n) is 13.3. The van der Waals surface area contributed by atoms with Crippen molar-refractivity contribution in [3.8, 4) is 0 Å². The zero-order chi connectivity index (χ0) is 17.6. The summed E-state index contributed by atoms with van der Waals surface area (Å²) in [5.41, 5.74) is 7.03. The fourth-order valence-corrected chi connectivity index (χ4v) is 3.16. The minimum absolute atomic E-state index is 0.227. The number of rotatable bonds is 7. The zero-order valence-corrected chi connectivity index (χ0v) is 15.7. The molecule has 25 heavy (non-hydrogen) atoms. The summed E-state index contributed by atoms with van der Waals surface area (Å²) in [4.78, 5) is 25.1. The van der Waals surface area contributed by atoms with Crippen LogP contribution in [0.2, 0.25) is 0 Å². The van der Waals surface area contributed by atoms with Crippen LogP contribution in [0.15, 0.2) is 46.3 Å². The lowest BCUT2D eigenvalue weighted by Crippen LogP contribution is -2.10. The van der Waals surface area contributed by atoms with Crippen LogP contribution in [0, 0.1) is 0 Å². The number of nitrogen functional groups attached to an aromatic ring is 1. The Morgan fingerprint density at radius 2 is 2.04 bits per heavy atom. The van der Waals surface area contributed by atoms with Crippen molar-refractivity contribution in [2.75, 3.05) is 18.1 Å². The Morgan fingerprint density at radius 3 is 2.84 bits per heavy atom. The van der Waals surface area contributed by atoms with Gasteiger partial charge in [-0.1, -0.05) is 15.9 Å². The summed E-state index contributed by atoms with van der Waals surface area (Å²) in [6.07, 6.45) is 3.75. The number of aromatic nitrogens is 4. The monoisotopic (exact) mass is 421 g/mol. The smallest absolute Gasteiger partial charge is 0.316 e. The molecule has 9 heteroatoms. The maximum atomic E-state index is 11.8. The van der Waals surface area contributed by atoms with Crippen molar-refractivity contribution in [3.05, 3.63) is 41.4 Å². The molecule has 0 unspecified atom stereocenters. The van der Waals surface area contributed by atoms with E-state index in [1.165, 1.54) is 18.1 Å². The molecule has 1 aromatic carbocycles. The number of fused-ring (bicyclic) bond motifs is 1. The molecule has 0 radical (unpaired) electrons. The third-order valence-corrected chi connectivity index (χ3v) is 4.92. The predicted octanol–water partition coefficient (Wildman–Crippen LogP) is 2.90. The number of benzene rings is 1. The van der Waals surface area contributed by atoms with E-state index in [9.17, 15) is 4.79 Å². The van der Waals surface area contributed by atoms with Crippen LogP contribution < -0.4 is 5.73 Å². The van der Waals surface area contributed by atoms with E-state index in [0.717, 1.165) is 9.37 Å². The van der Waals surface area contributed by atoms with Crippen molar-refractivity contribution < 1.29 is 9.53 Å². The number of hydrogen-bond acceptors (Lipinski definition) is 7. The van der Waals surface area contributed by atoms with Gasteiger partial charge in [0.05, 0.1) is 18.7 Å². The number of carbonyl (C=O) groups excluding carboxylic acids is 1. The number of carbonyl (C=O) groups is 1. The third kappa shape index (κ3) is 4.70.